The van der Waals surface area contributed by atoms with E-state index in [1.54, 1.807) is 21.1 Å². The first-order valence-corrected chi connectivity index (χ1v) is 8.86. The molecule has 25 heavy (non-hydrogen) atoms. The number of carbonyl (C=O) groups is 3. The Bertz CT molecular complexity index is 660. The molecule has 0 aromatic carbocycles. The first kappa shape index (κ1) is 19.3. The van der Waals surface area contributed by atoms with Crippen molar-refractivity contribution in [2.75, 3.05) is 33.8 Å². The Morgan fingerprint density at radius 3 is 2.80 bits per heavy atom. The van der Waals surface area contributed by atoms with Crippen molar-refractivity contribution in [1.29, 1.82) is 0 Å². The fourth-order valence-electron chi connectivity index (χ4n) is 2.79. The van der Waals surface area contributed by atoms with Gasteiger partial charge in [0.2, 0.25) is 5.91 Å². The van der Waals surface area contributed by atoms with Crippen LogP contribution < -0.4 is 0 Å². The molecule has 1 fully saturated rings. The van der Waals surface area contributed by atoms with Crippen LogP contribution >= 0.6 is 11.3 Å². The predicted octanol–water partition coefficient (Wildman–Crippen LogP) is 0.993. The number of hydrogen-bond donors (Lipinski definition) is 1. The minimum atomic E-state index is -0.882. The fraction of sp³-hybridized carbons (Fsp3) is 0.625. The Labute approximate surface area is 150 Å². The van der Waals surface area contributed by atoms with E-state index < -0.39 is 11.9 Å². The number of likely N-dealkylation sites (N-methyl/N-ethyl adjacent to an activating group) is 1. The van der Waals surface area contributed by atoms with Gasteiger partial charge in [-0.2, -0.15) is 0 Å². The molecule has 1 aromatic heterocycles. The number of carboxylic acids is 1. The van der Waals surface area contributed by atoms with Crippen molar-refractivity contribution in [2.45, 2.75) is 26.4 Å². The monoisotopic (exact) mass is 369 g/mol. The topological polar surface area (TPSA) is 100 Å². The highest BCUT2D eigenvalue weighted by Crippen LogP contribution is 2.21. The summed E-state index contributed by atoms with van der Waals surface area (Å²) in [5.74, 6) is -1.91. The number of carbonyl (C=O) groups excluding carboxylic acids is 2. The van der Waals surface area contributed by atoms with Gasteiger partial charge in [0.15, 0.2) is 0 Å². The second-order valence-corrected chi connectivity index (χ2v) is 7.22. The molecular formula is C16H23N3O5S. The van der Waals surface area contributed by atoms with Gasteiger partial charge in [0.05, 0.1) is 24.8 Å². The summed E-state index contributed by atoms with van der Waals surface area (Å²) >= 11 is 1.26. The van der Waals surface area contributed by atoms with E-state index in [4.69, 9.17) is 9.84 Å². The van der Waals surface area contributed by atoms with E-state index in [-0.39, 0.29) is 24.9 Å². The summed E-state index contributed by atoms with van der Waals surface area (Å²) in [6, 6.07) is 0. The molecule has 0 aliphatic carbocycles. The molecule has 0 radical (unpaired) electrons. The van der Waals surface area contributed by atoms with Crippen molar-refractivity contribution in [3.05, 3.63) is 15.6 Å². The molecule has 1 aliphatic heterocycles. The molecule has 1 unspecified atom stereocenters. The molecule has 2 rings (SSSR count). The minimum Gasteiger partial charge on any atom is -0.481 e. The molecule has 138 valence electrons. The van der Waals surface area contributed by atoms with Gasteiger partial charge >= 0.3 is 5.97 Å². The Hall–Kier alpha value is -2.00. The number of hydrogen-bond acceptors (Lipinski definition) is 6. The number of thiazole rings is 1. The van der Waals surface area contributed by atoms with E-state index in [0.717, 1.165) is 0 Å². The average Bonchev–Trinajstić information content (AvgIpc) is 2.94. The first-order valence-electron chi connectivity index (χ1n) is 8.04. The largest absolute Gasteiger partial charge is 0.481 e. The van der Waals surface area contributed by atoms with Crippen LogP contribution in [0.1, 0.15) is 33.2 Å². The van der Waals surface area contributed by atoms with Gasteiger partial charge in [-0.15, -0.1) is 11.3 Å². The second kappa shape index (κ2) is 8.39. The molecule has 1 saturated heterocycles. The standard InChI is InChI=1S/C16H23N3O5S/c1-10-14(25-12(17-10)9-24-3)15(21)18(2)8-13(20)19-6-4-5-11(7-19)16(22)23/h11H,4-9H2,1-3H3,(H,22,23). The number of aromatic nitrogens is 1. The van der Waals surface area contributed by atoms with Crippen molar-refractivity contribution < 1.29 is 24.2 Å². The highest BCUT2D eigenvalue weighted by Gasteiger charge is 2.29. The normalized spacial score (nSPS) is 17.4. The molecule has 1 aliphatic rings. The van der Waals surface area contributed by atoms with Crippen molar-refractivity contribution in [1.82, 2.24) is 14.8 Å². The van der Waals surface area contributed by atoms with Crippen LogP contribution in [0.15, 0.2) is 0 Å². The third-order valence-electron chi connectivity index (χ3n) is 4.15. The van der Waals surface area contributed by atoms with Gasteiger partial charge in [-0.1, -0.05) is 0 Å². The number of rotatable bonds is 6. The van der Waals surface area contributed by atoms with Crippen LogP contribution in [0.3, 0.4) is 0 Å². The Morgan fingerprint density at radius 2 is 2.16 bits per heavy atom. The molecule has 2 amide bonds. The highest BCUT2D eigenvalue weighted by molar-refractivity contribution is 7.13. The Balaban J connectivity index is 1.98. The zero-order chi connectivity index (χ0) is 18.6. The molecule has 1 atom stereocenters. The zero-order valence-corrected chi connectivity index (χ0v) is 15.5. The van der Waals surface area contributed by atoms with Gasteiger partial charge in [0.25, 0.3) is 5.91 Å². The maximum atomic E-state index is 12.6. The van der Waals surface area contributed by atoms with Crippen LogP contribution in [-0.4, -0.2) is 71.5 Å². The number of methoxy groups -OCH3 is 1. The maximum absolute atomic E-state index is 12.6. The molecule has 0 bridgehead atoms. The van der Waals surface area contributed by atoms with Gasteiger partial charge in [-0.3, -0.25) is 14.4 Å². The number of carboxylic acid groups (broad SMARTS) is 1. The van der Waals surface area contributed by atoms with Gasteiger partial charge < -0.3 is 19.6 Å². The molecule has 9 heteroatoms. The van der Waals surface area contributed by atoms with Crippen molar-refractivity contribution in [3.8, 4) is 0 Å². The lowest BCUT2D eigenvalue weighted by molar-refractivity contribution is -0.145. The van der Waals surface area contributed by atoms with Crippen molar-refractivity contribution >= 4 is 29.1 Å². The molecule has 1 N–H and O–H groups in total. The van der Waals surface area contributed by atoms with Gasteiger partial charge in [-0.25, -0.2) is 4.98 Å². The fourth-order valence-corrected chi connectivity index (χ4v) is 3.82. The average molecular weight is 369 g/mol. The zero-order valence-electron chi connectivity index (χ0n) is 14.7. The minimum absolute atomic E-state index is 0.0812. The van der Waals surface area contributed by atoms with Crippen molar-refractivity contribution in [3.63, 3.8) is 0 Å². The second-order valence-electron chi connectivity index (χ2n) is 6.13. The third-order valence-corrected chi connectivity index (χ3v) is 5.26. The molecular weight excluding hydrogens is 346 g/mol. The number of aryl methyl sites for hydroxylation is 1. The van der Waals surface area contributed by atoms with E-state index in [1.165, 1.54) is 21.1 Å². The van der Waals surface area contributed by atoms with E-state index >= 15 is 0 Å². The molecule has 2 heterocycles. The lowest BCUT2D eigenvalue weighted by Gasteiger charge is -2.32. The maximum Gasteiger partial charge on any atom is 0.308 e. The summed E-state index contributed by atoms with van der Waals surface area (Å²) in [6.45, 7) is 2.74. The molecule has 0 saturated carbocycles. The van der Waals surface area contributed by atoms with E-state index in [9.17, 15) is 14.4 Å². The van der Waals surface area contributed by atoms with E-state index in [0.29, 0.717) is 41.6 Å². The number of aliphatic carboxylic acids is 1. The molecule has 0 spiro atoms. The summed E-state index contributed by atoms with van der Waals surface area (Å²) < 4.78 is 5.02. The van der Waals surface area contributed by atoms with Crippen LogP contribution in [-0.2, 0) is 20.9 Å². The van der Waals surface area contributed by atoms with E-state index in [2.05, 4.69) is 4.98 Å². The number of likely N-dealkylation sites (tertiary alicyclic amines) is 1. The quantitative estimate of drug-likeness (QED) is 0.803. The predicted molar refractivity (Wildman–Crippen MR) is 91.5 cm³/mol. The van der Waals surface area contributed by atoms with Crippen LogP contribution in [0.4, 0.5) is 0 Å². The van der Waals surface area contributed by atoms with Crippen LogP contribution in [0.5, 0.6) is 0 Å². The Kier molecular flexibility index (Phi) is 6.49. The third kappa shape index (κ3) is 4.76. The van der Waals surface area contributed by atoms with Crippen LogP contribution in [0.2, 0.25) is 0 Å². The summed E-state index contributed by atoms with van der Waals surface area (Å²) in [7, 11) is 3.13. The first-order chi connectivity index (χ1) is 11.8. The Morgan fingerprint density at radius 1 is 1.44 bits per heavy atom. The van der Waals surface area contributed by atoms with Gasteiger partial charge in [0.1, 0.15) is 9.88 Å². The van der Waals surface area contributed by atoms with Gasteiger partial charge in [-0.05, 0) is 19.8 Å². The van der Waals surface area contributed by atoms with Crippen LogP contribution in [0.25, 0.3) is 0 Å². The smallest absolute Gasteiger partial charge is 0.308 e. The number of ether oxygens (including phenoxy) is 1. The summed E-state index contributed by atoms with van der Waals surface area (Å²) in [4.78, 5) is 43.7. The number of amides is 2. The molecule has 1 aromatic rings. The lowest BCUT2D eigenvalue weighted by Crippen LogP contribution is -2.46. The van der Waals surface area contributed by atoms with Crippen molar-refractivity contribution in [2.24, 2.45) is 5.92 Å². The van der Waals surface area contributed by atoms with Crippen LogP contribution in [0, 0.1) is 12.8 Å². The molecule has 8 nitrogen and oxygen atoms in total. The number of nitrogens with zero attached hydrogens (tertiary/aromatic N) is 3. The highest BCUT2D eigenvalue weighted by atomic mass is 32.1. The van der Waals surface area contributed by atoms with E-state index in [1.807, 2.05) is 0 Å². The lowest BCUT2D eigenvalue weighted by atomic mass is 9.98. The summed E-state index contributed by atoms with van der Waals surface area (Å²) in [5.41, 5.74) is 0.616. The van der Waals surface area contributed by atoms with Gasteiger partial charge in [0, 0.05) is 27.2 Å². The summed E-state index contributed by atoms with van der Waals surface area (Å²) in [5, 5.41) is 9.83. The number of piperidine rings is 1. The SMILES string of the molecule is COCc1nc(C)c(C(=O)N(C)CC(=O)N2CCCC(C(=O)O)C2)s1. The summed E-state index contributed by atoms with van der Waals surface area (Å²) in [6.07, 6.45) is 1.24.